The maximum atomic E-state index is 11.9. The molecule has 1 atom stereocenters. The van der Waals surface area contributed by atoms with Crippen LogP contribution in [-0.4, -0.2) is 31.3 Å². The lowest BCUT2D eigenvalue weighted by Gasteiger charge is -2.19. The first-order chi connectivity index (χ1) is 10.4. The summed E-state index contributed by atoms with van der Waals surface area (Å²) < 4.78 is 0. The summed E-state index contributed by atoms with van der Waals surface area (Å²) in [5.41, 5.74) is 1.50. The lowest BCUT2D eigenvalue weighted by Crippen LogP contribution is -2.27. The third-order valence-corrected chi connectivity index (χ3v) is 5.14. The predicted octanol–water partition coefficient (Wildman–Crippen LogP) is 3.61. The number of nitrogens with one attached hydrogen (secondary N) is 2. The van der Waals surface area contributed by atoms with E-state index in [0.717, 1.165) is 36.9 Å². The Balaban J connectivity index is 0.00000264. The molecule has 1 heterocycles. The molecule has 1 unspecified atom stereocenters. The summed E-state index contributed by atoms with van der Waals surface area (Å²) in [6.07, 6.45) is 2.33. The Labute approximate surface area is 150 Å². The van der Waals surface area contributed by atoms with Gasteiger partial charge in [-0.25, -0.2) is 0 Å². The Morgan fingerprint density at radius 2 is 2.00 bits per heavy atom. The summed E-state index contributed by atoms with van der Waals surface area (Å²) in [7, 11) is 0. The molecule has 1 aromatic carbocycles. The Morgan fingerprint density at radius 1 is 1.30 bits per heavy atom. The van der Waals surface area contributed by atoms with Crippen molar-refractivity contribution in [2.24, 2.45) is 5.92 Å². The summed E-state index contributed by atoms with van der Waals surface area (Å²) in [4.78, 5) is 13.0. The van der Waals surface area contributed by atoms with Crippen molar-refractivity contribution in [3.8, 4) is 0 Å². The van der Waals surface area contributed by atoms with E-state index in [1.807, 2.05) is 0 Å². The van der Waals surface area contributed by atoms with E-state index in [-0.39, 0.29) is 23.7 Å². The number of hydrogen-bond acceptors (Lipinski definition) is 3. The van der Waals surface area contributed by atoms with Crippen molar-refractivity contribution in [3.05, 3.63) is 29.8 Å². The number of carbonyl (C=O) groups excluding carboxylic acids is 1. The van der Waals surface area contributed by atoms with E-state index in [1.165, 1.54) is 12.0 Å². The lowest BCUT2D eigenvalue weighted by atomic mass is 9.87. The Kier molecular flexibility index (Phi) is 8.45. The highest BCUT2D eigenvalue weighted by Gasteiger charge is 2.15. The zero-order chi connectivity index (χ0) is 16.0. The van der Waals surface area contributed by atoms with Gasteiger partial charge in [-0.15, -0.1) is 24.2 Å². The van der Waals surface area contributed by atoms with Gasteiger partial charge in [-0.05, 0) is 55.0 Å². The molecule has 1 saturated heterocycles. The molecule has 1 aliphatic heterocycles. The number of halogens is 1. The monoisotopic (exact) mass is 356 g/mol. The molecule has 1 aromatic rings. The average Bonchev–Trinajstić information content (AvgIpc) is 2.98. The van der Waals surface area contributed by atoms with E-state index in [1.54, 1.807) is 11.8 Å². The quantitative estimate of drug-likeness (QED) is 0.765. The van der Waals surface area contributed by atoms with Gasteiger partial charge < -0.3 is 10.6 Å². The second kappa shape index (κ2) is 9.55. The standard InChI is InChI=1S/C18H28N2OS.ClH/c1-18(2,3)15-4-6-16(7-5-15)22-13-17(21)20-11-9-14-8-10-19-12-14;/h4-7,14,19H,8-13H2,1-3H3,(H,20,21);1H. The highest BCUT2D eigenvalue weighted by molar-refractivity contribution is 8.00. The number of hydrogen-bond donors (Lipinski definition) is 2. The van der Waals surface area contributed by atoms with Crippen LogP contribution in [0, 0.1) is 5.92 Å². The molecule has 0 saturated carbocycles. The molecule has 1 amide bonds. The van der Waals surface area contributed by atoms with Gasteiger partial charge in [0.2, 0.25) is 5.91 Å². The third kappa shape index (κ3) is 7.15. The maximum Gasteiger partial charge on any atom is 0.230 e. The van der Waals surface area contributed by atoms with Crippen LogP contribution in [0.5, 0.6) is 0 Å². The van der Waals surface area contributed by atoms with Crippen LogP contribution >= 0.6 is 24.2 Å². The summed E-state index contributed by atoms with van der Waals surface area (Å²) in [6, 6.07) is 8.55. The van der Waals surface area contributed by atoms with E-state index in [9.17, 15) is 4.79 Å². The first-order valence-electron chi connectivity index (χ1n) is 8.16. The molecule has 2 N–H and O–H groups in total. The zero-order valence-electron chi connectivity index (χ0n) is 14.4. The molecule has 2 rings (SSSR count). The van der Waals surface area contributed by atoms with Crippen molar-refractivity contribution in [2.45, 2.75) is 43.9 Å². The fourth-order valence-corrected chi connectivity index (χ4v) is 3.36. The maximum absolute atomic E-state index is 11.9. The van der Waals surface area contributed by atoms with Gasteiger partial charge in [0.15, 0.2) is 0 Å². The highest BCUT2D eigenvalue weighted by Crippen LogP contribution is 2.25. The number of benzene rings is 1. The number of thioether (sulfide) groups is 1. The largest absolute Gasteiger partial charge is 0.355 e. The Morgan fingerprint density at radius 3 is 2.57 bits per heavy atom. The summed E-state index contributed by atoms with van der Waals surface area (Å²) in [5, 5.41) is 6.38. The minimum atomic E-state index is 0. The highest BCUT2D eigenvalue weighted by atomic mass is 35.5. The fraction of sp³-hybridized carbons (Fsp3) is 0.611. The van der Waals surface area contributed by atoms with Crippen LogP contribution in [0.15, 0.2) is 29.2 Å². The molecule has 1 fully saturated rings. The first kappa shape index (κ1) is 20.3. The molecular weight excluding hydrogens is 328 g/mol. The molecule has 130 valence electrons. The van der Waals surface area contributed by atoms with Crippen LogP contribution < -0.4 is 10.6 Å². The van der Waals surface area contributed by atoms with Crippen molar-refractivity contribution in [2.75, 3.05) is 25.4 Å². The topological polar surface area (TPSA) is 41.1 Å². The number of amides is 1. The predicted molar refractivity (Wildman–Crippen MR) is 102 cm³/mol. The molecule has 3 nitrogen and oxygen atoms in total. The van der Waals surface area contributed by atoms with E-state index in [2.05, 4.69) is 55.7 Å². The van der Waals surface area contributed by atoms with E-state index in [4.69, 9.17) is 0 Å². The van der Waals surface area contributed by atoms with Gasteiger partial charge in [0.25, 0.3) is 0 Å². The average molecular weight is 357 g/mol. The summed E-state index contributed by atoms with van der Waals surface area (Å²) in [5.74, 6) is 1.37. The van der Waals surface area contributed by atoms with Crippen LogP contribution in [-0.2, 0) is 10.2 Å². The van der Waals surface area contributed by atoms with Crippen LogP contribution in [0.25, 0.3) is 0 Å². The van der Waals surface area contributed by atoms with E-state index < -0.39 is 0 Å². The van der Waals surface area contributed by atoms with Gasteiger partial charge in [0.1, 0.15) is 0 Å². The molecule has 1 aliphatic rings. The fourth-order valence-electron chi connectivity index (χ4n) is 2.63. The SMILES string of the molecule is CC(C)(C)c1ccc(SCC(=O)NCCC2CCNC2)cc1.Cl. The van der Waals surface area contributed by atoms with Crippen LogP contribution in [0.4, 0.5) is 0 Å². The molecule has 5 heteroatoms. The van der Waals surface area contributed by atoms with Crippen molar-refractivity contribution in [1.82, 2.24) is 10.6 Å². The van der Waals surface area contributed by atoms with Gasteiger partial charge in [-0.1, -0.05) is 32.9 Å². The van der Waals surface area contributed by atoms with Crippen molar-refractivity contribution in [1.29, 1.82) is 0 Å². The third-order valence-electron chi connectivity index (χ3n) is 4.13. The molecule has 0 aromatic heterocycles. The second-order valence-electron chi connectivity index (χ2n) is 7.06. The van der Waals surface area contributed by atoms with Gasteiger partial charge in [-0.3, -0.25) is 4.79 Å². The van der Waals surface area contributed by atoms with E-state index in [0.29, 0.717) is 5.75 Å². The van der Waals surface area contributed by atoms with Gasteiger partial charge in [-0.2, -0.15) is 0 Å². The lowest BCUT2D eigenvalue weighted by molar-refractivity contribution is -0.118. The molecule has 23 heavy (non-hydrogen) atoms. The van der Waals surface area contributed by atoms with Crippen LogP contribution in [0.1, 0.15) is 39.2 Å². The summed E-state index contributed by atoms with van der Waals surface area (Å²) >= 11 is 1.61. The number of rotatable bonds is 6. The molecule has 0 spiro atoms. The smallest absolute Gasteiger partial charge is 0.230 e. The molecule has 0 radical (unpaired) electrons. The zero-order valence-corrected chi connectivity index (χ0v) is 16.0. The van der Waals surface area contributed by atoms with Crippen molar-refractivity contribution >= 4 is 30.1 Å². The number of carbonyl (C=O) groups is 1. The van der Waals surface area contributed by atoms with E-state index >= 15 is 0 Å². The van der Waals surface area contributed by atoms with Crippen molar-refractivity contribution in [3.63, 3.8) is 0 Å². The second-order valence-corrected chi connectivity index (χ2v) is 8.11. The van der Waals surface area contributed by atoms with Crippen LogP contribution in [0.3, 0.4) is 0 Å². The van der Waals surface area contributed by atoms with Gasteiger partial charge >= 0.3 is 0 Å². The normalized spacial score (nSPS) is 17.6. The minimum Gasteiger partial charge on any atom is -0.355 e. The van der Waals surface area contributed by atoms with Gasteiger partial charge in [0.05, 0.1) is 5.75 Å². The Bertz CT molecular complexity index is 479. The summed E-state index contributed by atoms with van der Waals surface area (Å²) in [6.45, 7) is 9.66. The van der Waals surface area contributed by atoms with Crippen LogP contribution in [0.2, 0.25) is 0 Å². The van der Waals surface area contributed by atoms with Crippen molar-refractivity contribution < 1.29 is 4.79 Å². The van der Waals surface area contributed by atoms with Gasteiger partial charge in [0, 0.05) is 11.4 Å². The molecular formula is C18H29ClN2OS. The molecule has 0 aliphatic carbocycles. The Hall–Kier alpha value is -0.710. The minimum absolute atomic E-state index is 0. The molecule has 0 bridgehead atoms. The first-order valence-corrected chi connectivity index (χ1v) is 9.14.